The number of amides is 1. The summed E-state index contributed by atoms with van der Waals surface area (Å²) in [6, 6.07) is 4.85. The van der Waals surface area contributed by atoms with Gasteiger partial charge in [0.1, 0.15) is 19.5 Å². The first-order valence-corrected chi connectivity index (χ1v) is 6.36. The predicted molar refractivity (Wildman–Crippen MR) is 68.1 cm³/mol. The van der Waals surface area contributed by atoms with Crippen LogP contribution in [0.15, 0.2) is 36.3 Å². The van der Waals surface area contributed by atoms with E-state index in [1.807, 2.05) is 0 Å². The van der Waals surface area contributed by atoms with Crippen molar-refractivity contribution in [3.63, 3.8) is 0 Å². The number of nitrogens with one attached hydrogen (secondary N) is 1. The van der Waals surface area contributed by atoms with Gasteiger partial charge in [0.05, 0.1) is 5.56 Å². The van der Waals surface area contributed by atoms with Gasteiger partial charge >= 0.3 is 6.18 Å². The van der Waals surface area contributed by atoms with Crippen molar-refractivity contribution >= 4 is 5.91 Å². The van der Waals surface area contributed by atoms with Gasteiger partial charge in [0, 0.05) is 6.54 Å². The van der Waals surface area contributed by atoms with Crippen LogP contribution < -0.4 is 5.32 Å². The molecule has 1 aromatic rings. The van der Waals surface area contributed by atoms with Crippen molar-refractivity contribution in [3.8, 4) is 0 Å². The van der Waals surface area contributed by atoms with Gasteiger partial charge in [-0.25, -0.2) is 0 Å². The molecule has 2 rings (SSSR count). The summed E-state index contributed by atoms with van der Waals surface area (Å²) >= 11 is 0. The zero-order chi connectivity index (χ0) is 15.3. The summed E-state index contributed by atoms with van der Waals surface area (Å²) in [5.41, 5.74) is 0.0197. The maximum absolute atomic E-state index is 12.4. The van der Waals surface area contributed by atoms with Crippen LogP contribution in [0.5, 0.6) is 0 Å². The van der Waals surface area contributed by atoms with Gasteiger partial charge in [-0.2, -0.15) is 13.2 Å². The van der Waals surface area contributed by atoms with Crippen LogP contribution in [-0.4, -0.2) is 25.7 Å². The molecule has 0 spiro atoms. The van der Waals surface area contributed by atoms with Crippen LogP contribution >= 0.6 is 0 Å². The molecule has 0 unspecified atom stereocenters. The Bertz CT molecular complexity index is 523. The summed E-state index contributed by atoms with van der Waals surface area (Å²) in [5, 5.41) is 2.61. The molecule has 0 bridgehead atoms. The van der Waals surface area contributed by atoms with E-state index < -0.39 is 17.6 Å². The Morgan fingerprint density at radius 2 is 1.90 bits per heavy atom. The van der Waals surface area contributed by atoms with Gasteiger partial charge in [-0.05, 0) is 24.1 Å². The van der Waals surface area contributed by atoms with E-state index in [-0.39, 0.29) is 5.76 Å². The highest BCUT2D eigenvalue weighted by atomic mass is 19.4. The summed E-state index contributed by atoms with van der Waals surface area (Å²) in [7, 11) is 0. The molecular weight excluding hydrogens is 287 g/mol. The lowest BCUT2D eigenvalue weighted by Gasteiger charge is -2.15. The number of halogens is 3. The van der Waals surface area contributed by atoms with Crippen LogP contribution in [0, 0.1) is 0 Å². The van der Waals surface area contributed by atoms with Crippen LogP contribution in [0.4, 0.5) is 13.2 Å². The van der Waals surface area contributed by atoms with Gasteiger partial charge in [-0.1, -0.05) is 12.1 Å². The molecule has 7 heteroatoms. The largest absolute Gasteiger partial charge is 0.494 e. The summed E-state index contributed by atoms with van der Waals surface area (Å²) in [6.45, 7) is 1.02. The molecule has 1 aliphatic rings. The molecule has 0 fully saturated rings. The zero-order valence-electron chi connectivity index (χ0n) is 11.1. The third kappa shape index (κ3) is 4.40. The standard InChI is InChI=1S/C14H14F3NO3/c15-14(16,17)11-3-1-10(2-4-11)5-6-18-13(19)12-9-20-7-8-21-12/h1-4,9H,5-8H2,(H,18,19). The maximum Gasteiger partial charge on any atom is 0.416 e. The van der Waals surface area contributed by atoms with E-state index in [9.17, 15) is 18.0 Å². The lowest BCUT2D eigenvalue weighted by molar-refractivity contribution is -0.137. The summed E-state index contributed by atoms with van der Waals surface area (Å²) < 4.78 is 47.2. The predicted octanol–water partition coefficient (Wildman–Crippen LogP) is 2.25. The van der Waals surface area contributed by atoms with Crippen molar-refractivity contribution in [2.45, 2.75) is 12.6 Å². The monoisotopic (exact) mass is 301 g/mol. The number of ether oxygens (including phenoxy) is 2. The van der Waals surface area contributed by atoms with Crippen molar-refractivity contribution in [2.75, 3.05) is 19.8 Å². The molecule has 1 aliphatic heterocycles. The fourth-order valence-electron chi connectivity index (χ4n) is 1.76. The van der Waals surface area contributed by atoms with Crippen molar-refractivity contribution < 1.29 is 27.4 Å². The van der Waals surface area contributed by atoms with Crippen molar-refractivity contribution in [1.29, 1.82) is 0 Å². The van der Waals surface area contributed by atoms with Crippen molar-refractivity contribution in [2.24, 2.45) is 0 Å². The quantitative estimate of drug-likeness (QED) is 0.928. The zero-order valence-corrected chi connectivity index (χ0v) is 11.1. The maximum atomic E-state index is 12.4. The minimum absolute atomic E-state index is 0.105. The summed E-state index contributed by atoms with van der Waals surface area (Å²) in [5.74, 6) is -0.296. The van der Waals surface area contributed by atoms with Crippen LogP contribution in [0.3, 0.4) is 0 Å². The minimum Gasteiger partial charge on any atom is -0.494 e. The Hall–Kier alpha value is -2.18. The molecule has 4 nitrogen and oxygen atoms in total. The molecular formula is C14H14F3NO3. The molecule has 0 atom stereocenters. The molecule has 21 heavy (non-hydrogen) atoms. The Labute approximate surface area is 119 Å². The minimum atomic E-state index is -4.34. The lowest BCUT2D eigenvalue weighted by atomic mass is 10.1. The van der Waals surface area contributed by atoms with E-state index in [2.05, 4.69) is 5.32 Å². The van der Waals surface area contributed by atoms with Crippen LogP contribution in [0.2, 0.25) is 0 Å². The second-order valence-electron chi connectivity index (χ2n) is 4.40. The molecule has 1 N–H and O–H groups in total. The van der Waals surface area contributed by atoms with Crippen LogP contribution in [0.1, 0.15) is 11.1 Å². The first kappa shape index (κ1) is 15.2. The van der Waals surface area contributed by atoms with Crippen molar-refractivity contribution in [1.82, 2.24) is 5.32 Å². The number of hydrogen-bond donors (Lipinski definition) is 1. The fraction of sp³-hybridized carbons (Fsp3) is 0.357. The van der Waals surface area contributed by atoms with Crippen LogP contribution in [-0.2, 0) is 26.9 Å². The first-order chi connectivity index (χ1) is 9.97. The Kier molecular flexibility index (Phi) is 4.72. The molecule has 0 aliphatic carbocycles. The van der Waals surface area contributed by atoms with Gasteiger partial charge in [-0.3, -0.25) is 4.79 Å². The smallest absolute Gasteiger partial charge is 0.416 e. The van der Waals surface area contributed by atoms with Gasteiger partial charge in [0.2, 0.25) is 5.76 Å². The Morgan fingerprint density at radius 3 is 2.48 bits per heavy atom. The van der Waals surface area contributed by atoms with E-state index in [1.165, 1.54) is 18.4 Å². The molecule has 0 saturated carbocycles. The van der Waals surface area contributed by atoms with Gasteiger partial charge in [0.15, 0.2) is 0 Å². The summed E-state index contributed by atoms with van der Waals surface area (Å²) in [6.07, 6.45) is -2.66. The van der Waals surface area contributed by atoms with E-state index in [1.54, 1.807) is 0 Å². The molecule has 1 amide bonds. The topological polar surface area (TPSA) is 47.6 Å². The summed E-state index contributed by atoms with van der Waals surface area (Å²) in [4.78, 5) is 11.6. The molecule has 0 aromatic heterocycles. The number of carbonyl (C=O) groups excluding carboxylic acids is 1. The second kappa shape index (κ2) is 6.51. The van der Waals surface area contributed by atoms with Gasteiger partial charge < -0.3 is 14.8 Å². The number of carbonyl (C=O) groups is 1. The fourth-order valence-corrected chi connectivity index (χ4v) is 1.76. The SMILES string of the molecule is O=C(NCCc1ccc(C(F)(F)F)cc1)C1=COCCO1. The normalized spacial score (nSPS) is 14.7. The Balaban J connectivity index is 1.81. The van der Waals surface area contributed by atoms with E-state index >= 15 is 0 Å². The number of benzene rings is 1. The average Bonchev–Trinajstić information content (AvgIpc) is 2.47. The highest BCUT2D eigenvalue weighted by Crippen LogP contribution is 2.29. The Morgan fingerprint density at radius 1 is 1.19 bits per heavy atom. The molecule has 114 valence electrons. The third-order valence-corrected chi connectivity index (χ3v) is 2.85. The van der Waals surface area contributed by atoms with Crippen molar-refractivity contribution in [3.05, 3.63) is 47.4 Å². The van der Waals surface area contributed by atoms with E-state index in [0.717, 1.165) is 12.1 Å². The van der Waals surface area contributed by atoms with Crippen LogP contribution in [0.25, 0.3) is 0 Å². The molecule has 1 heterocycles. The highest BCUT2D eigenvalue weighted by Gasteiger charge is 2.29. The van der Waals surface area contributed by atoms with E-state index in [0.29, 0.717) is 31.7 Å². The van der Waals surface area contributed by atoms with Gasteiger partial charge in [0.25, 0.3) is 5.91 Å². The molecule has 0 radical (unpaired) electrons. The average molecular weight is 301 g/mol. The molecule has 1 aromatic carbocycles. The molecule has 0 saturated heterocycles. The first-order valence-electron chi connectivity index (χ1n) is 6.36. The number of hydrogen-bond acceptors (Lipinski definition) is 3. The third-order valence-electron chi connectivity index (χ3n) is 2.85. The van der Waals surface area contributed by atoms with Gasteiger partial charge in [-0.15, -0.1) is 0 Å². The number of alkyl halides is 3. The van der Waals surface area contributed by atoms with E-state index in [4.69, 9.17) is 9.47 Å². The second-order valence-corrected chi connectivity index (χ2v) is 4.40. The highest BCUT2D eigenvalue weighted by molar-refractivity contribution is 5.91. The number of rotatable bonds is 4. The lowest BCUT2D eigenvalue weighted by Crippen LogP contribution is -2.30.